The van der Waals surface area contributed by atoms with Gasteiger partial charge in [0.05, 0.1) is 19.1 Å². The van der Waals surface area contributed by atoms with Gasteiger partial charge in [0, 0.05) is 23.8 Å². The lowest BCUT2D eigenvalue weighted by Crippen LogP contribution is -2.37. The van der Waals surface area contributed by atoms with Crippen LogP contribution in [0.3, 0.4) is 0 Å². The van der Waals surface area contributed by atoms with Gasteiger partial charge < -0.3 is 15.0 Å². The van der Waals surface area contributed by atoms with Gasteiger partial charge in [0.25, 0.3) is 5.91 Å². The summed E-state index contributed by atoms with van der Waals surface area (Å²) in [5, 5.41) is 21.2. The normalized spacial score (nSPS) is 12.4. The second kappa shape index (κ2) is 11.0. The summed E-state index contributed by atoms with van der Waals surface area (Å²) in [6.45, 7) is -1.38. The quantitative estimate of drug-likeness (QED) is 0.280. The number of nitrogens with one attached hydrogen (secondary N) is 1. The first-order valence-corrected chi connectivity index (χ1v) is 12.2. The lowest BCUT2D eigenvalue weighted by atomic mass is 10.2. The molecule has 0 saturated heterocycles. The number of halogens is 4. The van der Waals surface area contributed by atoms with Crippen molar-refractivity contribution in [1.82, 2.24) is 43.6 Å². The summed E-state index contributed by atoms with van der Waals surface area (Å²) in [5.74, 6) is -0.314. The van der Waals surface area contributed by atoms with E-state index in [0.29, 0.717) is 22.0 Å². The number of carbonyl (C=O) groups is 1. The van der Waals surface area contributed by atoms with E-state index in [9.17, 15) is 27.9 Å². The molecule has 1 aromatic carbocycles. The summed E-state index contributed by atoms with van der Waals surface area (Å²) in [4.78, 5) is 38.1. The van der Waals surface area contributed by atoms with Gasteiger partial charge in [-0.15, -0.1) is 10.2 Å². The average Bonchev–Trinajstić information content (AvgIpc) is 3.65. The molecule has 41 heavy (non-hydrogen) atoms. The van der Waals surface area contributed by atoms with Crippen molar-refractivity contribution in [1.29, 1.82) is 0 Å². The monoisotopic (exact) mass is 588 g/mol. The van der Waals surface area contributed by atoms with Crippen molar-refractivity contribution in [2.75, 3.05) is 5.32 Å². The predicted molar refractivity (Wildman–Crippen MR) is 138 cm³/mol. The average molecular weight is 589 g/mol. The number of aliphatic hydroxyl groups is 1. The van der Waals surface area contributed by atoms with Gasteiger partial charge in [0.1, 0.15) is 24.3 Å². The highest BCUT2D eigenvalue weighted by Gasteiger charge is 2.39. The van der Waals surface area contributed by atoms with Crippen LogP contribution in [0.1, 0.15) is 16.3 Å². The number of carbonyl (C=O) groups excluding carboxylic acids is 1. The molecule has 13 nitrogen and oxygen atoms in total. The Kier molecular flexibility index (Phi) is 7.42. The summed E-state index contributed by atoms with van der Waals surface area (Å²) >= 11 is 5.92. The Bertz CT molecular complexity index is 1760. The zero-order chi connectivity index (χ0) is 29.3. The maximum atomic E-state index is 13.1. The Morgan fingerprint density at radius 2 is 1.88 bits per heavy atom. The van der Waals surface area contributed by atoms with Crippen molar-refractivity contribution in [3.05, 3.63) is 88.5 Å². The van der Waals surface area contributed by atoms with Crippen molar-refractivity contribution in [2.45, 2.75) is 25.4 Å². The Hall–Kier alpha value is -4.83. The highest BCUT2D eigenvalue weighted by atomic mass is 35.5. The Morgan fingerprint density at radius 3 is 2.56 bits per heavy atom. The maximum absolute atomic E-state index is 13.1. The smallest absolute Gasteiger partial charge is 0.382 e. The fourth-order valence-electron chi connectivity index (χ4n) is 3.84. The molecule has 0 spiro atoms. The summed E-state index contributed by atoms with van der Waals surface area (Å²) in [6, 6.07) is 9.21. The van der Waals surface area contributed by atoms with Gasteiger partial charge in [0.2, 0.25) is 0 Å². The predicted octanol–water partition coefficient (Wildman–Crippen LogP) is 2.30. The van der Waals surface area contributed by atoms with E-state index in [0.717, 1.165) is 9.25 Å². The third kappa shape index (κ3) is 5.87. The molecule has 0 saturated carbocycles. The topological polar surface area (TPSA) is 151 Å². The largest absolute Gasteiger partial charge is 0.416 e. The first-order chi connectivity index (χ1) is 19.5. The lowest BCUT2D eigenvalue weighted by molar-refractivity contribution is -0.207. The second-order valence-corrected chi connectivity index (χ2v) is 9.20. The lowest BCUT2D eigenvalue weighted by Gasteiger charge is -2.15. The molecule has 2 N–H and O–H groups in total. The van der Waals surface area contributed by atoms with Gasteiger partial charge in [0.15, 0.2) is 23.6 Å². The van der Waals surface area contributed by atoms with E-state index >= 15 is 0 Å². The number of benzene rings is 1. The molecule has 0 aliphatic rings. The summed E-state index contributed by atoms with van der Waals surface area (Å²) in [5.41, 5.74) is 0.0418. The zero-order valence-electron chi connectivity index (χ0n) is 21.1. The van der Waals surface area contributed by atoms with Crippen LogP contribution < -0.4 is 11.0 Å². The molecule has 5 aromatic rings. The fraction of sp³-hybridized carbons (Fsp3) is 0.208. The van der Waals surface area contributed by atoms with Crippen molar-refractivity contribution in [3.63, 3.8) is 0 Å². The van der Waals surface area contributed by atoms with E-state index in [1.807, 2.05) is 0 Å². The molecule has 0 aliphatic carbocycles. The molecule has 0 bridgehead atoms. The number of alkyl halides is 3. The van der Waals surface area contributed by atoms with Crippen LogP contribution in [0.5, 0.6) is 0 Å². The van der Waals surface area contributed by atoms with E-state index < -0.39 is 30.4 Å². The van der Waals surface area contributed by atoms with Crippen LogP contribution in [-0.2, 0) is 20.1 Å². The molecular weight excluding hydrogens is 569 g/mol. The Morgan fingerprint density at radius 1 is 1.12 bits per heavy atom. The van der Waals surface area contributed by atoms with Crippen LogP contribution >= 0.6 is 11.6 Å². The van der Waals surface area contributed by atoms with E-state index in [4.69, 9.17) is 11.6 Å². The number of pyridine rings is 1. The number of amides is 1. The van der Waals surface area contributed by atoms with Crippen LogP contribution in [0.4, 0.5) is 19.0 Å². The summed E-state index contributed by atoms with van der Waals surface area (Å²) < 4.78 is 43.8. The van der Waals surface area contributed by atoms with Gasteiger partial charge >= 0.3 is 11.9 Å². The number of aryl methyl sites for hydroxylation is 1. The Labute approximate surface area is 233 Å². The van der Waals surface area contributed by atoms with Crippen LogP contribution in [0, 0.1) is 0 Å². The third-order valence-corrected chi connectivity index (χ3v) is 6.16. The summed E-state index contributed by atoms with van der Waals surface area (Å²) in [6.07, 6.45) is -2.08. The van der Waals surface area contributed by atoms with Gasteiger partial charge in [-0.3, -0.25) is 9.36 Å². The molecule has 0 unspecified atom stereocenters. The molecule has 4 aromatic heterocycles. The van der Waals surface area contributed by atoms with Crippen molar-refractivity contribution in [2.24, 2.45) is 7.05 Å². The number of imidazole rings is 1. The summed E-state index contributed by atoms with van der Waals surface area (Å²) in [7, 11) is 1.66. The number of rotatable bonds is 8. The first kappa shape index (κ1) is 27.7. The first-order valence-electron chi connectivity index (χ1n) is 11.8. The second-order valence-electron chi connectivity index (χ2n) is 8.76. The van der Waals surface area contributed by atoms with Crippen LogP contribution in [0.15, 0.2) is 66.2 Å². The minimum atomic E-state index is -4.95. The van der Waals surface area contributed by atoms with E-state index in [1.54, 1.807) is 19.2 Å². The number of nitrogens with zero attached hydrogens (tertiary/aromatic N) is 9. The molecule has 1 atom stereocenters. The molecule has 212 valence electrons. The number of hydrogen-bond acceptors (Lipinski definition) is 8. The molecule has 0 fully saturated rings. The van der Waals surface area contributed by atoms with Crippen LogP contribution in [-0.4, -0.2) is 66.9 Å². The van der Waals surface area contributed by atoms with Crippen molar-refractivity contribution < 1.29 is 23.1 Å². The number of anilines is 1. The fourth-order valence-corrected chi connectivity index (χ4v) is 3.97. The van der Waals surface area contributed by atoms with Gasteiger partial charge in [-0.05, 0) is 36.4 Å². The third-order valence-electron chi connectivity index (χ3n) is 5.90. The van der Waals surface area contributed by atoms with Gasteiger partial charge in [-0.1, -0.05) is 11.6 Å². The number of aromatic nitrogens is 9. The molecule has 0 aliphatic heterocycles. The maximum Gasteiger partial charge on any atom is 0.416 e. The van der Waals surface area contributed by atoms with Gasteiger partial charge in [-0.2, -0.15) is 13.2 Å². The molecular formula is C24H20ClF3N10O3. The molecule has 0 radical (unpaired) electrons. The SMILES string of the molecule is Cn1cncc1C(=O)Nc1ncccc1-n1cnc(Cn2nc(-c3ccc(Cl)cc3)n(C[C@H](O)C(F)(F)F)c2=O)n1. The zero-order valence-corrected chi connectivity index (χ0v) is 21.8. The molecule has 17 heteroatoms. The molecule has 5 rings (SSSR count). The van der Waals surface area contributed by atoms with Crippen LogP contribution in [0.2, 0.25) is 5.02 Å². The molecule has 4 heterocycles. The van der Waals surface area contributed by atoms with Crippen LogP contribution in [0.25, 0.3) is 17.1 Å². The minimum absolute atomic E-state index is 0.0866. The Balaban J connectivity index is 1.44. The highest BCUT2D eigenvalue weighted by molar-refractivity contribution is 6.30. The van der Waals surface area contributed by atoms with E-state index in [-0.39, 0.29) is 24.0 Å². The van der Waals surface area contributed by atoms with Crippen molar-refractivity contribution in [3.8, 4) is 17.1 Å². The van der Waals surface area contributed by atoms with Gasteiger partial charge in [-0.25, -0.2) is 29.1 Å². The number of aliphatic hydroxyl groups excluding tert-OH is 1. The highest BCUT2D eigenvalue weighted by Crippen LogP contribution is 2.24. The standard InChI is InChI=1S/C24H20ClF3N10O3/c1-35-12-29-9-17(35)22(40)32-20-16(3-2-8-30-20)38-13-31-19(33-38)11-37-23(41)36(10-18(39)24(26,27)28)21(34-37)14-4-6-15(25)7-5-14/h2-9,12-13,18,39H,10-11H2,1H3,(H,30,32,40)/t18-/m0/s1. The van der Waals surface area contributed by atoms with Crippen molar-refractivity contribution >= 4 is 23.3 Å². The molecule has 1 amide bonds. The van der Waals surface area contributed by atoms with E-state index in [1.165, 1.54) is 58.6 Å². The number of hydrogen-bond donors (Lipinski definition) is 2. The van der Waals surface area contributed by atoms with E-state index in [2.05, 4.69) is 30.5 Å². The minimum Gasteiger partial charge on any atom is -0.382 e.